The quantitative estimate of drug-likeness (QED) is 0.427. The van der Waals surface area contributed by atoms with E-state index in [9.17, 15) is 20.0 Å². The van der Waals surface area contributed by atoms with Crippen LogP contribution in [-0.2, 0) is 0 Å². The van der Waals surface area contributed by atoms with Crippen molar-refractivity contribution in [2.75, 3.05) is 6.61 Å². The second kappa shape index (κ2) is 10.0. The van der Waals surface area contributed by atoms with E-state index in [-0.39, 0.29) is 38.0 Å². The fraction of sp³-hybridized carbons (Fsp3) is 0.409. The molecule has 1 atom stereocenters. The van der Waals surface area contributed by atoms with Gasteiger partial charge in [0.05, 0.1) is 22.2 Å². The van der Waals surface area contributed by atoms with Crippen molar-refractivity contribution >= 4 is 29.0 Å². The topological polar surface area (TPSA) is 92.3 Å². The third kappa shape index (κ3) is 4.48. The lowest BCUT2D eigenvalue weighted by Crippen LogP contribution is -2.28. The number of ether oxygens (including phenoxy) is 1. The van der Waals surface area contributed by atoms with Crippen LogP contribution >= 0.6 is 23.2 Å². The predicted octanol–water partition coefficient (Wildman–Crippen LogP) is 5.42. The molecule has 0 saturated heterocycles. The first kappa shape index (κ1) is 23.8. The molecule has 0 aliphatic heterocycles. The van der Waals surface area contributed by atoms with Gasteiger partial charge in [0.2, 0.25) is 5.88 Å². The molecule has 0 spiro atoms. The minimum absolute atomic E-state index is 0.111. The maximum atomic E-state index is 13.3. The maximum Gasteiger partial charge on any atom is 0.271 e. The number of halogens is 2. The number of pyridine rings is 1. The molecular formula is C22H24Cl2N2O4. The fourth-order valence-electron chi connectivity index (χ4n) is 3.08. The zero-order valence-electron chi connectivity index (χ0n) is 17.4. The summed E-state index contributed by atoms with van der Waals surface area (Å²) in [6.45, 7) is 7.48. The van der Waals surface area contributed by atoms with E-state index in [1.807, 2.05) is 19.9 Å². The van der Waals surface area contributed by atoms with Crippen molar-refractivity contribution in [3.63, 3.8) is 0 Å². The van der Waals surface area contributed by atoms with Gasteiger partial charge in [-0.15, -0.1) is 0 Å². The van der Waals surface area contributed by atoms with Crippen molar-refractivity contribution < 1.29 is 14.6 Å². The Morgan fingerprint density at radius 2 is 1.90 bits per heavy atom. The molecule has 0 saturated carbocycles. The molecule has 1 unspecified atom stereocenters. The van der Waals surface area contributed by atoms with Crippen LogP contribution in [0.1, 0.15) is 73.1 Å². The summed E-state index contributed by atoms with van der Waals surface area (Å²) >= 11 is 12.6. The van der Waals surface area contributed by atoms with Crippen molar-refractivity contribution in [3.8, 4) is 17.7 Å². The standard InChI is InChI=1S/C22H24Cl2N2O4/c1-5-7-8-30-20-16(23)9-14(10-17(20)24)19(27)18-13(4)15(11-25)21(28)26(22(18)29)12(3)6-2/h9-10,12,29H,5-8H2,1-4H3. The minimum Gasteiger partial charge on any atom is -0.494 e. The van der Waals surface area contributed by atoms with Gasteiger partial charge in [-0.3, -0.25) is 14.2 Å². The van der Waals surface area contributed by atoms with Crippen molar-refractivity contribution in [1.82, 2.24) is 4.57 Å². The Kier molecular flexibility index (Phi) is 7.94. The van der Waals surface area contributed by atoms with Crippen LogP contribution in [0.15, 0.2) is 16.9 Å². The van der Waals surface area contributed by atoms with Crippen molar-refractivity contribution in [3.05, 3.63) is 54.8 Å². The van der Waals surface area contributed by atoms with Gasteiger partial charge in [-0.05, 0) is 44.4 Å². The number of nitrogens with zero attached hydrogens (tertiary/aromatic N) is 2. The largest absolute Gasteiger partial charge is 0.494 e. The molecule has 1 heterocycles. The van der Waals surface area contributed by atoms with Crippen LogP contribution < -0.4 is 10.3 Å². The lowest BCUT2D eigenvalue weighted by atomic mass is 9.96. The highest BCUT2D eigenvalue weighted by Gasteiger charge is 2.27. The highest BCUT2D eigenvalue weighted by molar-refractivity contribution is 6.38. The minimum atomic E-state index is -0.630. The lowest BCUT2D eigenvalue weighted by Gasteiger charge is -2.20. The fourth-order valence-corrected chi connectivity index (χ4v) is 3.67. The number of nitriles is 1. The summed E-state index contributed by atoms with van der Waals surface area (Å²) in [5.41, 5.74) is -0.718. The highest BCUT2D eigenvalue weighted by Crippen LogP contribution is 2.36. The molecule has 0 bridgehead atoms. The van der Waals surface area contributed by atoms with Gasteiger partial charge in [-0.1, -0.05) is 43.5 Å². The monoisotopic (exact) mass is 450 g/mol. The number of rotatable bonds is 8. The van der Waals surface area contributed by atoms with E-state index in [2.05, 4.69) is 0 Å². The van der Waals surface area contributed by atoms with Crippen LogP contribution in [0.3, 0.4) is 0 Å². The molecule has 1 N–H and O–H groups in total. The van der Waals surface area contributed by atoms with Crippen LogP contribution in [0.4, 0.5) is 0 Å². The summed E-state index contributed by atoms with van der Waals surface area (Å²) in [6.07, 6.45) is 2.29. The molecule has 0 radical (unpaired) electrons. The maximum absolute atomic E-state index is 13.3. The normalized spacial score (nSPS) is 11.8. The van der Waals surface area contributed by atoms with E-state index in [4.69, 9.17) is 27.9 Å². The Hall–Kier alpha value is -2.49. The number of hydrogen-bond acceptors (Lipinski definition) is 5. The van der Waals surface area contributed by atoms with Gasteiger partial charge in [-0.2, -0.15) is 5.26 Å². The molecule has 2 aromatic rings. The summed E-state index contributed by atoms with van der Waals surface area (Å²) in [4.78, 5) is 25.9. The number of carbonyl (C=O) groups is 1. The van der Waals surface area contributed by atoms with E-state index in [0.717, 1.165) is 17.4 Å². The average Bonchev–Trinajstić information content (AvgIpc) is 2.69. The van der Waals surface area contributed by atoms with E-state index in [0.29, 0.717) is 13.0 Å². The van der Waals surface area contributed by atoms with Crippen molar-refractivity contribution in [2.45, 2.75) is 53.0 Å². The summed E-state index contributed by atoms with van der Waals surface area (Å²) in [6, 6.07) is 4.25. The summed E-state index contributed by atoms with van der Waals surface area (Å²) in [5, 5.41) is 20.6. The average molecular weight is 451 g/mol. The van der Waals surface area contributed by atoms with Crippen molar-refractivity contribution in [2.24, 2.45) is 0 Å². The second-order valence-corrected chi connectivity index (χ2v) is 7.86. The van der Waals surface area contributed by atoms with E-state index in [1.165, 1.54) is 19.1 Å². The summed E-state index contributed by atoms with van der Waals surface area (Å²) < 4.78 is 6.67. The first-order valence-electron chi connectivity index (χ1n) is 9.74. The Morgan fingerprint density at radius 1 is 1.30 bits per heavy atom. The Balaban J connectivity index is 2.64. The van der Waals surface area contributed by atoms with E-state index >= 15 is 0 Å². The number of hydrogen-bond donors (Lipinski definition) is 1. The zero-order chi connectivity index (χ0) is 22.6. The number of carbonyl (C=O) groups excluding carboxylic acids is 1. The molecule has 1 aromatic carbocycles. The molecule has 2 rings (SSSR count). The highest BCUT2D eigenvalue weighted by atomic mass is 35.5. The molecule has 0 fully saturated rings. The van der Waals surface area contributed by atoms with Crippen LogP contribution in [-0.4, -0.2) is 22.1 Å². The molecule has 6 nitrogen and oxygen atoms in total. The molecule has 160 valence electrons. The van der Waals surface area contributed by atoms with Crippen molar-refractivity contribution in [1.29, 1.82) is 5.26 Å². The second-order valence-electron chi connectivity index (χ2n) is 7.04. The van der Waals surface area contributed by atoms with Crippen LogP contribution in [0.2, 0.25) is 10.0 Å². The number of unbranched alkanes of at least 4 members (excludes halogenated alkanes) is 1. The van der Waals surface area contributed by atoms with Gasteiger partial charge >= 0.3 is 0 Å². The lowest BCUT2D eigenvalue weighted by molar-refractivity contribution is 0.103. The number of aromatic hydroxyl groups is 1. The third-order valence-electron chi connectivity index (χ3n) is 5.01. The molecule has 30 heavy (non-hydrogen) atoms. The Bertz CT molecular complexity index is 1050. The Morgan fingerprint density at radius 3 is 2.40 bits per heavy atom. The number of ketones is 1. The van der Waals surface area contributed by atoms with Gasteiger partial charge in [0.25, 0.3) is 5.56 Å². The molecule has 0 amide bonds. The van der Waals surface area contributed by atoms with Gasteiger partial charge in [-0.25, -0.2) is 0 Å². The first-order valence-corrected chi connectivity index (χ1v) is 10.5. The molecule has 0 aliphatic rings. The molecule has 1 aromatic heterocycles. The third-order valence-corrected chi connectivity index (χ3v) is 5.57. The van der Waals surface area contributed by atoms with Gasteiger partial charge in [0.1, 0.15) is 11.6 Å². The molecule has 0 aliphatic carbocycles. The van der Waals surface area contributed by atoms with Gasteiger partial charge in [0, 0.05) is 11.6 Å². The predicted molar refractivity (Wildman–Crippen MR) is 117 cm³/mol. The van der Waals surface area contributed by atoms with E-state index < -0.39 is 23.3 Å². The van der Waals surface area contributed by atoms with Gasteiger partial charge < -0.3 is 9.84 Å². The zero-order valence-corrected chi connectivity index (χ0v) is 18.9. The SMILES string of the molecule is CCCCOc1c(Cl)cc(C(=O)c2c(C)c(C#N)c(=O)n(C(C)CC)c2O)cc1Cl. The van der Waals surface area contributed by atoms with Crippen LogP contribution in [0.5, 0.6) is 11.6 Å². The van der Waals surface area contributed by atoms with Crippen LogP contribution in [0.25, 0.3) is 0 Å². The van der Waals surface area contributed by atoms with E-state index in [1.54, 1.807) is 6.92 Å². The Labute approximate surface area is 185 Å². The van der Waals surface area contributed by atoms with Crippen LogP contribution in [0, 0.1) is 18.3 Å². The number of benzene rings is 1. The molecular weight excluding hydrogens is 427 g/mol. The van der Waals surface area contributed by atoms with Gasteiger partial charge in [0.15, 0.2) is 11.5 Å². The first-order chi connectivity index (χ1) is 14.2. The summed E-state index contributed by atoms with van der Waals surface area (Å²) in [7, 11) is 0. The smallest absolute Gasteiger partial charge is 0.271 e. The molecule has 8 heteroatoms. The number of aromatic nitrogens is 1. The summed E-state index contributed by atoms with van der Waals surface area (Å²) in [5.74, 6) is -0.791.